The molecule has 0 radical (unpaired) electrons. The molecule has 0 aliphatic rings. The Kier molecular flexibility index (Phi) is 7.13. The van der Waals surface area contributed by atoms with Crippen molar-refractivity contribution in [3.05, 3.63) is 81.1 Å². The van der Waals surface area contributed by atoms with Gasteiger partial charge >= 0.3 is 0 Å². The van der Waals surface area contributed by atoms with Crippen molar-refractivity contribution >= 4 is 29.2 Å². The summed E-state index contributed by atoms with van der Waals surface area (Å²) in [7, 11) is 0. The number of halogens is 1. The highest BCUT2D eigenvalue weighted by Crippen LogP contribution is 2.20. The maximum Gasteiger partial charge on any atom is 0.258 e. The van der Waals surface area contributed by atoms with Crippen LogP contribution in [0.15, 0.2) is 47.5 Å². The number of guanidine groups is 1. The van der Waals surface area contributed by atoms with Crippen LogP contribution in [-0.4, -0.2) is 21.6 Å². The van der Waals surface area contributed by atoms with E-state index in [0.29, 0.717) is 23.1 Å². The molecule has 0 saturated carbocycles. The molecule has 0 unspecified atom stereocenters. The summed E-state index contributed by atoms with van der Waals surface area (Å²) < 4.78 is 1.96. The first-order chi connectivity index (χ1) is 14.8. The van der Waals surface area contributed by atoms with E-state index >= 15 is 0 Å². The van der Waals surface area contributed by atoms with E-state index < -0.39 is 0 Å². The number of nitrogens with one attached hydrogen (secondary N) is 2. The van der Waals surface area contributed by atoms with Crippen molar-refractivity contribution in [2.24, 2.45) is 4.99 Å². The van der Waals surface area contributed by atoms with Crippen molar-refractivity contribution < 1.29 is 4.79 Å². The number of amides is 1. The lowest BCUT2D eigenvalue weighted by Gasteiger charge is -2.15. The summed E-state index contributed by atoms with van der Waals surface area (Å²) in [5, 5.41) is 11.3. The summed E-state index contributed by atoms with van der Waals surface area (Å²) >= 11 is 6.18. The van der Waals surface area contributed by atoms with Gasteiger partial charge in [0.25, 0.3) is 5.91 Å². The minimum absolute atomic E-state index is 0.221. The standard InChI is InChI=1S/C24H28ClN5O/c1-6-30-18(5)21(17(4)29-30)14-26-24(27-22-13-19(25)12-11-16(22)3)28-23(31)20-10-8-7-9-15(20)2/h7-13H,6,14H2,1-5H3,(H2,26,27,28,31). The van der Waals surface area contributed by atoms with Crippen molar-refractivity contribution in [2.75, 3.05) is 5.32 Å². The molecule has 0 aliphatic heterocycles. The molecule has 0 atom stereocenters. The lowest BCUT2D eigenvalue weighted by Crippen LogP contribution is -2.36. The second-order valence-corrected chi connectivity index (χ2v) is 7.92. The molecule has 0 aliphatic carbocycles. The van der Waals surface area contributed by atoms with E-state index in [1.54, 1.807) is 6.07 Å². The highest BCUT2D eigenvalue weighted by molar-refractivity contribution is 6.31. The van der Waals surface area contributed by atoms with Gasteiger partial charge in [0.05, 0.1) is 12.2 Å². The first-order valence-corrected chi connectivity index (χ1v) is 10.7. The summed E-state index contributed by atoms with van der Waals surface area (Å²) in [5.74, 6) is 0.142. The van der Waals surface area contributed by atoms with E-state index in [2.05, 4.69) is 22.7 Å². The fourth-order valence-corrected chi connectivity index (χ4v) is 3.57. The molecule has 0 fully saturated rings. The first-order valence-electron chi connectivity index (χ1n) is 10.3. The smallest absolute Gasteiger partial charge is 0.258 e. The van der Waals surface area contributed by atoms with Gasteiger partial charge in [0.2, 0.25) is 5.96 Å². The van der Waals surface area contributed by atoms with Crippen LogP contribution in [0.2, 0.25) is 5.02 Å². The van der Waals surface area contributed by atoms with Crippen LogP contribution in [0.25, 0.3) is 0 Å². The minimum atomic E-state index is -0.221. The van der Waals surface area contributed by atoms with Crippen molar-refractivity contribution in [2.45, 2.75) is 47.7 Å². The number of aromatic nitrogens is 2. The predicted octanol–water partition coefficient (Wildman–Crippen LogP) is 5.19. The lowest BCUT2D eigenvalue weighted by atomic mass is 10.1. The number of carbonyl (C=O) groups is 1. The third-order valence-electron chi connectivity index (χ3n) is 5.30. The predicted molar refractivity (Wildman–Crippen MR) is 127 cm³/mol. The molecule has 2 aromatic carbocycles. The van der Waals surface area contributed by atoms with Crippen molar-refractivity contribution in [1.29, 1.82) is 0 Å². The van der Waals surface area contributed by atoms with Crippen molar-refractivity contribution in [3.8, 4) is 0 Å². The number of carbonyl (C=O) groups excluding carboxylic acids is 1. The zero-order valence-corrected chi connectivity index (χ0v) is 19.3. The number of aliphatic imine (C=N–C) groups is 1. The van der Waals surface area contributed by atoms with Crippen LogP contribution in [0.1, 0.15) is 45.4 Å². The summed E-state index contributed by atoms with van der Waals surface area (Å²) in [6.45, 7) is 11.1. The number of rotatable bonds is 5. The second kappa shape index (κ2) is 9.79. The fourth-order valence-electron chi connectivity index (χ4n) is 3.40. The molecule has 6 nitrogen and oxygen atoms in total. The fraction of sp³-hybridized carbons (Fsp3) is 0.292. The van der Waals surface area contributed by atoms with E-state index in [-0.39, 0.29) is 5.91 Å². The molecule has 7 heteroatoms. The Morgan fingerprint density at radius 1 is 1.10 bits per heavy atom. The lowest BCUT2D eigenvalue weighted by molar-refractivity contribution is 0.0976. The minimum Gasteiger partial charge on any atom is -0.326 e. The van der Waals surface area contributed by atoms with Gasteiger partial charge in [-0.2, -0.15) is 5.10 Å². The molecule has 0 bridgehead atoms. The average Bonchev–Trinajstić information content (AvgIpc) is 3.02. The van der Waals surface area contributed by atoms with Crippen LogP contribution < -0.4 is 10.6 Å². The summed E-state index contributed by atoms with van der Waals surface area (Å²) in [5.41, 5.74) is 6.34. The molecule has 1 aromatic heterocycles. The summed E-state index contributed by atoms with van der Waals surface area (Å²) in [4.78, 5) is 17.6. The third-order valence-corrected chi connectivity index (χ3v) is 5.54. The Labute approximate surface area is 188 Å². The second-order valence-electron chi connectivity index (χ2n) is 7.48. The molecular formula is C24H28ClN5O. The Bertz CT molecular complexity index is 1130. The average molecular weight is 438 g/mol. The van der Waals surface area contributed by atoms with Gasteiger partial charge in [-0.05, 0) is 63.9 Å². The number of hydrogen-bond acceptors (Lipinski definition) is 3. The quantitative estimate of drug-likeness (QED) is 0.426. The van der Waals surface area contributed by atoms with Gasteiger partial charge in [0.15, 0.2) is 0 Å². The molecular weight excluding hydrogens is 410 g/mol. The number of aryl methyl sites for hydroxylation is 4. The summed E-state index contributed by atoms with van der Waals surface area (Å²) in [6.07, 6.45) is 0. The van der Waals surface area contributed by atoms with Crippen LogP contribution in [0.3, 0.4) is 0 Å². The maximum absolute atomic E-state index is 12.9. The van der Waals surface area contributed by atoms with Gasteiger partial charge in [0.1, 0.15) is 0 Å². The van der Waals surface area contributed by atoms with Crippen molar-refractivity contribution in [3.63, 3.8) is 0 Å². The van der Waals surface area contributed by atoms with E-state index in [0.717, 1.165) is 40.3 Å². The number of anilines is 1. The zero-order chi connectivity index (χ0) is 22.5. The van der Waals surface area contributed by atoms with Gasteiger partial charge in [0, 0.05) is 34.1 Å². The maximum atomic E-state index is 12.9. The molecule has 0 saturated heterocycles. The van der Waals surface area contributed by atoms with E-state index in [4.69, 9.17) is 16.6 Å². The molecule has 1 amide bonds. The molecule has 162 valence electrons. The van der Waals surface area contributed by atoms with Crippen LogP contribution in [0.5, 0.6) is 0 Å². The summed E-state index contributed by atoms with van der Waals surface area (Å²) in [6, 6.07) is 13.0. The third kappa shape index (κ3) is 5.33. The van der Waals surface area contributed by atoms with Crippen LogP contribution in [0.4, 0.5) is 5.69 Å². The van der Waals surface area contributed by atoms with E-state index in [1.165, 1.54) is 0 Å². The van der Waals surface area contributed by atoms with Crippen LogP contribution in [-0.2, 0) is 13.1 Å². The Hall–Kier alpha value is -3.12. The number of benzene rings is 2. The highest BCUT2D eigenvalue weighted by Gasteiger charge is 2.14. The topological polar surface area (TPSA) is 71.3 Å². The van der Waals surface area contributed by atoms with Gasteiger partial charge in [-0.25, -0.2) is 4.99 Å². The molecule has 0 spiro atoms. The Morgan fingerprint density at radius 3 is 2.52 bits per heavy atom. The van der Waals surface area contributed by atoms with Crippen LogP contribution >= 0.6 is 11.6 Å². The number of hydrogen-bond donors (Lipinski definition) is 2. The SMILES string of the molecule is CCn1nc(C)c(CN=C(NC(=O)c2ccccc2C)Nc2cc(Cl)ccc2C)c1C. The molecule has 2 N–H and O–H groups in total. The number of nitrogens with zero attached hydrogens (tertiary/aromatic N) is 3. The Morgan fingerprint density at radius 2 is 1.84 bits per heavy atom. The Balaban J connectivity index is 1.92. The largest absolute Gasteiger partial charge is 0.326 e. The van der Waals surface area contributed by atoms with Gasteiger partial charge < -0.3 is 5.32 Å². The molecule has 1 heterocycles. The molecule has 31 heavy (non-hydrogen) atoms. The highest BCUT2D eigenvalue weighted by atomic mass is 35.5. The normalized spacial score (nSPS) is 11.5. The van der Waals surface area contributed by atoms with Gasteiger partial charge in [-0.15, -0.1) is 0 Å². The zero-order valence-electron chi connectivity index (χ0n) is 18.6. The van der Waals surface area contributed by atoms with Gasteiger partial charge in [-0.1, -0.05) is 35.9 Å². The monoisotopic (exact) mass is 437 g/mol. The van der Waals surface area contributed by atoms with E-state index in [9.17, 15) is 4.79 Å². The van der Waals surface area contributed by atoms with Crippen LogP contribution in [0, 0.1) is 27.7 Å². The van der Waals surface area contributed by atoms with Gasteiger partial charge in [-0.3, -0.25) is 14.8 Å². The first kappa shape index (κ1) is 22.6. The molecule has 3 aromatic rings. The van der Waals surface area contributed by atoms with E-state index in [1.807, 2.05) is 68.8 Å². The van der Waals surface area contributed by atoms with Crippen molar-refractivity contribution in [1.82, 2.24) is 15.1 Å². The molecule has 3 rings (SSSR count).